The number of nitrogens with zero attached hydrogens (tertiary/aromatic N) is 5. The molecule has 1 saturated heterocycles. The molecule has 9 heteroatoms. The number of para-hydroxylation sites is 1. The highest BCUT2D eigenvalue weighted by atomic mass is 32.2. The molecule has 2 heterocycles. The minimum Gasteiger partial charge on any atom is -0.325 e. The smallest absolute Gasteiger partial charge is 0.234 e. The summed E-state index contributed by atoms with van der Waals surface area (Å²) in [5.41, 5.74) is 2.38. The number of carbonyl (C=O) groups is 2. The second kappa shape index (κ2) is 8.22. The summed E-state index contributed by atoms with van der Waals surface area (Å²) in [7, 11) is 0. The van der Waals surface area contributed by atoms with Crippen LogP contribution in [-0.4, -0.2) is 44.3 Å². The molecule has 1 aromatic heterocycles. The van der Waals surface area contributed by atoms with Gasteiger partial charge in [0.1, 0.15) is 0 Å². The van der Waals surface area contributed by atoms with E-state index in [1.807, 2.05) is 42.5 Å². The Morgan fingerprint density at radius 1 is 1.07 bits per heavy atom. The minimum atomic E-state index is -0.155. The van der Waals surface area contributed by atoms with Crippen molar-refractivity contribution in [3.63, 3.8) is 0 Å². The number of anilines is 2. The first-order valence-corrected chi connectivity index (χ1v) is 9.86. The number of tetrazole rings is 1. The molecule has 142 valence electrons. The first-order valence-electron chi connectivity index (χ1n) is 8.87. The molecule has 2 aromatic carbocycles. The number of hydrogen-bond donors (Lipinski definition) is 1. The van der Waals surface area contributed by atoms with E-state index >= 15 is 0 Å². The SMILES string of the molecule is O=C(CSc1nnnn1-c1ccccc1)Nc1ccc(N2CCCC2=O)cc1. The normalized spacial score (nSPS) is 13.7. The van der Waals surface area contributed by atoms with Crippen LogP contribution in [-0.2, 0) is 9.59 Å². The molecule has 1 aliphatic heterocycles. The van der Waals surface area contributed by atoms with Gasteiger partial charge in [0, 0.05) is 24.3 Å². The van der Waals surface area contributed by atoms with Gasteiger partial charge in [-0.3, -0.25) is 9.59 Å². The van der Waals surface area contributed by atoms with Gasteiger partial charge in [0.15, 0.2) is 0 Å². The Balaban J connectivity index is 1.34. The van der Waals surface area contributed by atoms with Crippen LogP contribution >= 0.6 is 11.8 Å². The molecule has 4 rings (SSSR count). The van der Waals surface area contributed by atoms with Crippen LogP contribution in [0.1, 0.15) is 12.8 Å². The zero-order valence-corrected chi connectivity index (χ0v) is 15.8. The molecular formula is C19H18N6O2S. The topological polar surface area (TPSA) is 93.0 Å². The fraction of sp³-hybridized carbons (Fsp3) is 0.211. The highest BCUT2D eigenvalue weighted by molar-refractivity contribution is 7.99. The van der Waals surface area contributed by atoms with Gasteiger partial charge in [-0.2, -0.15) is 4.68 Å². The maximum atomic E-state index is 12.3. The molecule has 1 N–H and O–H groups in total. The molecule has 0 bridgehead atoms. The molecule has 3 aromatic rings. The van der Waals surface area contributed by atoms with E-state index in [0.717, 1.165) is 24.3 Å². The minimum absolute atomic E-state index is 0.143. The van der Waals surface area contributed by atoms with Crippen molar-refractivity contribution in [2.24, 2.45) is 0 Å². The lowest BCUT2D eigenvalue weighted by Crippen LogP contribution is -2.23. The lowest BCUT2D eigenvalue weighted by molar-refractivity contribution is -0.117. The van der Waals surface area contributed by atoms with Gasteiger partial charge in [-0.1, -0.05) is 30.0 Å². The van der Waals surface area contributed by atoms with Crippen molar-refractivity contribution >= 4 is 35.0 Å². The largest absolute Gasteiger partial charge is 0.325 e. The number of carbonyl (C=O) groups excluding carboxylic acids is 2. The van der Waals surface area contributed by atoms with Crippen molar-refractivity contribution in [3.05, 3.63) is 54.6 Å². The molecule has 1 fully saturated rings. The summed E-state index contributed by atoms with van der Waals surface area (Å²) >= 11 is 1.26. The van der Waals surface area contributed by atoms with E-state index in [1.165, 1.54) is 11.8 Å². The third kappa shape index (κ3) is 4.04. The molecule has 0 aliphatic carbocycles. The van der Waals surface area contributed by atoms with Crippen LogP contribution in [0.2, 0.25) is 0 Å². The zero-order valence-electron chi connectivity index (χ0n) is 15.0. The number of aromatic nitrogens is 4. The second-order valence-electron chi connectivity index (χ2n) is 6.24. The highest BCUT2D eigenvalue weighted by Crippen LogP contribution is 2.23. The second-order valence-corrected chi connectivity index (χ2v) is 7.18. The van der Waals surface area contributed by atoms with E-state index in [9.17, 15) is 9.59 Å². The van der Waals surface area contributed by atoms with Crippen LogP contribution in [0.3, 0.4) is 0 Å². The fourth-order valence-electron chi connectivity index (χ4n) is 2.97. The van der Waals surface area contributed by atoms with Crippen LogP contribution in [0.15, 0.2) is 59.8 Å². The molecule has 0 radical (unpaired) electrons. The maximum absolute atomic E-state index is 12.3. The van der Waals surface area contributed by atoms with E-state index in [1.54, 1.807) is 21.7 Å². The summed E-state index contributed by atoms with van der Waals surface area (Å²) in [6.07, 6.45) is 1.48. The molecule has 0 spiro atoms. The fourth-order valence-corrected chi connectivity index (χ4v) is 3.66. The van der Waals surface area contributed by atoms with Crippen LogP contribution in [0.5, 0.6) is 0 Å². The Bertz CT molecular complexity index is 974. The van der Waals surface area contributed by atoms with Crippen molar-refractivity contribution in [2.45, 2.75) is 18.0 Å². The Kier molecular flexibility index (Phi) is 5.34. The monoisotopic (exact) mass is 394 g/mol. The first-order chi connectivity index (χ1) is 13.7. The van der Waals surface area contributed by atoms with Crippen LogP contribution in [0.25, 0.3) is 5.69 Å². The van der Waals surface area contributed by atoms with E-state index < -0.39 is 0 Å². The van der Waals surface area contributed by atoms with Crippen molar-refractivity contribution in [2.75, 3.05) is 22.5 Å². The molecule has 0 saturated carbocycles. The number of benzene rings is 2. The van der Waals surface area contributed by atoms with Crippen LogP contribution in [0.4, 0.5) is 11.4 Å². The van der Waals surface area contributed by atoms with Gasteiger partial charge in [0.05, 0.1) is 11.4 Å². The van der Waals surface area contributed by atoms with E-state index in [2.05, 4.69) is 20.8 Å². The maximum Gasteiger partial charge on any atom is 0.234 e. The summed E-state index contributed by atoms with van der Waals surface area (Å²) in [5, 5.41) is 15.0. The molecule has 0 unspecified atom stereocenters. The third-order valence-electron chi connectivity index (χ3n) is 4.31. The van der Waals surface area contributed by atoms with Gasteiger partial charge in [-0.15, -0.1) is 5.10 Å². The third-order valence-corrected chi connectivity index (χ3v) is 5.23. The van der Waals surface area contributed by atoms with Gasteiger partial charge < -0.3 is 10.2 Å². The lowest BCUT2D eigenvalue weighted by atomic mass is 10.2. The number of nitrogens with one attached hydrogen (secondary N) is 1. The van der Waals surface area contributed by atoms with Gasteiger partial charge in [0.25, 0.3) is 0 Å². The number of thioether (sulfide) groups is 1. The number of rotatable bonds is 6. The molecule has 1 aliphatic rings. The predicted molar refractivity (Wildman–Crippen MR) is 107 cm³/mol. The Morgan fingerprint density at radius 3 is 2.57 bits per heavy atom. The van der Waals surface area contributed by atoms with Gasteiger partial charge in [-0.25, -0.2) is 0 Å². The van der Waals surface area contributed by atoms with E-state index in [0.29, 0.717) is 17.3 Å². The van der Waals surface area contributed by atoms with Gasteiger partial charge >= 0.3 is 0 Å². The van der Waals surface area contributed by atoms with Gasteiger partial charge in [-0.05, 0) is 53.2 Å². The standard InChI is InChI=1S/C19H18N6O2S/c26-17(13-28-19-21-22-23-25(19)16-5-2-1-3-6-16)20-14-8-10-15(11-9-14)24-12-4-7-18(24)27/h1-3,5-6,8-11H,4,7,12-13H2,(H,20,26). The predicted octanol–water partition coefficient (Wildman–Crippen LogP) is 2.52. The first kappa shape index (κ1) is 18.2. The number of amides is 2. The van der Waals surface area contributed by atoms with Crippen LogP contribution < -0.4 is 10.2 Å². The zero-order chi connectivity index (χ0) is 19.3. The lowest BCUT2D eigenvalue weighted by Gasteiger charge is -2.16. The quantitative estimate of drug-likeness (QED) is 0.646. The van der Waals surface area contributed by atoms with Crippen molar-refractivity contribution in [1.82, 2.24) is 20.2 Å². The Morgan fingerprint density at radius 2 is 1.86 bits per heavy atom. The molecule has 8 nitrogen and oxygen atoms in total. The molecule has 0 atom stereocenters. The summed E-state index contributed by atoms with van der Waals surface area (Å²) < 4.78 is 1.60. The summed E-state index contributed by atoms with van der Waals surface area (Å²) in [4.78, 5) is 25.8. The van der Waals surface area contributed by atoms with Crippen molar-refractivity contribution in [1.29, 1.82) is 0 Å². The van der Waals surface area contributed by atoms with Crippen molar-refractivity contribution in [3.8, 4) is 5.69 Å². The highest BCUT2D eigenvalue weighted by Gasteiger charge is 2.21. The van der Waals surface area contributed by atoms with Gasteiger partial charge in [0.2, 0.25) is 17.0 Å². The number of hydrogen-bond acceptors (Lipinski definition) is 6. The summed E-state index contributed by atoms with van der Waals surface area (Å²) in [6, 6.07) is 16.8. The Hall–Kier alpha value is -3.20. The summed E-state index contributed by atoms with van der Waals surface area (Å²) in [5.74, 6) is 0.168. The van der Waals surface area contributed by atoms with E-state index in [4.69, 9.17) is 0 Å². The van der Waals surface area contributed by atoms with Crippen molar-refractivity contribution < 1.29 is 9.59 Å². The molecule has 2 amide bonds. The average molecular weight is 394 g/mol. The Labute approximate surface area is 165 Å². The molecular weight excluding hydrogens is 376 g/mol. The average Bonchev–Trinajstić information content (AvgIpc) is 3.36. The van der Waals surface area contributed by atoms with E-state index in [-0.39, 0.29) is 17.6 Å². The van der Waals surface area contributed by atoms with Crippen LogP contribution in [0, 0.1) is 0 Å². The summed E-state index contributed by atoms with van der Waals surface area (Å²) in [6.45, 7) is 0.747. The molecule has 28 heavy (non-hydrogen) atoms.